The van der Waals surface area contributed by atoms with E-state index in [0.717, 1.165) is 13.0 Å². The quantitative estimate of drug-likeness (QED) is 0.905. The van der Waals surface area contributed by atoms with E-state index in [1.165, 1.54) is 10.4 Å². The third kappa shape index (κ3) is 2.72. The zero-order chi connectivity index (χ0) is 13.3. The lowest BCUT2D eigenvalue weighted by atomic mass is 10.3. The zero-order valence-electron chi connectivity index (χ0n) is 9.86. The molecule has 1 aromatic rings. The molecule has 1 heterocycles. The molecule has 4 nitrogen and oxygen atoms in total. The van der Waals surface area contributed by atoms with Crippen LogP contribution in [0.15, 0.2) is 27.6 Å². The Morgan fingerprint density at radius 3 is 2.78 bits per heavy atom. The highest BCUT2D eigenvalue weighted by molar-refractivity contribution is 9.10. The van der Waals surface area contributed by atoms with Gasteiger partial charge in [0, 0.05) is 24.1 Å². The third-order valence-corrected chi connectivity index (χ3v) is 6.26. The first-order valence-electron chi connectivity index (χ1n) is 5.57. The monoisotopic (exact) mass is 352 g/mol. The van der Waals surface area contributed by atoms with E-state index < -0.39 is 10.0 Å². The van der Waals surface area contributed by atoms with E-state index in [4.69, 9.17) is 11.6 Å². The summed E-state index contributed by atoms with van der Waals surface area (Å²) >= 11 is 9.19. The van der Waals surface area contributed by atoms with E-state index in [1.807, 2.05) is 0 Å². The summed E-state index contributed by atoms with van der Waals surface area (Å²) in [5, 5.41) is 3.55. The number of rotatable bonds is 3. The second-order valence-corrected chi connectivity index (χ2v) is 7.50. The maximum Gasteiger partial charge on any atom is 0.243 e. The van der Waals surface area contributed by atoms with Gasteiger partial charge in [-0.2, -0.15) is 4.31 Å². The van der Waals surface area contributed by atoms with Gasteiger partial charge < -0.3 is 5.32 Å². The number of likely N-dealkylation sites (N-methyl/N-ethyl adjacent to an activating group) is 1. The molecule has 7 heteroatoms. The number of hydrogen-bond donors (Lipinski definition) is 1. The smallest absolute Gasteiger partial charge is 0.243 e. The highest BCUT2D eigenvalue weighted by Gasteiger charge is 2.30. The van der Waals surface area contributed by atoms with Gasteiger partial charge in [-0.1, -0.05) is 11.6 Å². The normalized spacial score (nSPS) is 20.6. The van der Waals surface area contributed by atoms with Crippen molar-refractivity contribution < 1.29 is 8.42 Å². The van der Waals surface area contributed by atoms with Crippen LogP contribution in [-0.2, 0) is 10.0 Å². The number of benzene rings is 1. The SMILES string of the molecule is CN(C1CCNC1)S(=O)(=O)c1ccc(Br)c(Cl)c1. The van der Waals surface area contributed by atoms with Crippen LogP contribution >= 0.6 is 27.5 Å². The second-order valence-electron chi connectivity index (χ2n) is 4.24. The Morgan fingerprint density at radius 2 is 2.22 bits per heavy atom. The molecular weight excluding hydrogens is 340 g/mol. The van der Waals surface area contributed by atoms with E-state index in [2.05, 4.69) is 21.2 Å². The van der Waals surface area contributed by atoms with Gasteiger partial charge in [-0.05, 0) is 47.1 Å². The first-order valence-corrected chi connectivity index (χ1v) is 8.18. The van der Waals surface area contributed by atoms with Gasteiger partial charge in [0.2, 0.25) is 10.0 Å². The predicted octanol–water partition coefficient (Wildman–Crippen LogP) is 2.08. The molecule has 1 unspecified atom stereocenters. The molecule has 1 aliphatic rings. The molecule has 0 aromatic heterocycles. The molecule has 1 N–H and O–H groups in total. The summed E-state index contributed by atoms with van der Waals surface area (Å²) in [6.07, 6.45) is 0.833. The molecule has 18 heavy (non-hydrogen) atoms. The van der Waals surface area contributed by atoms with E-state index in [-0.39, 0.29) is 10.9 Å². The molecule has 1 aromatic carbocycles. The number of sulfonamides is 1. The summed E-state index contributed by atoms with van der Waals surface area (Å²) in [5.74, 6) is 0. The summed E-state index contributed by atoms with van der Waals surface area (Å²) in [6.45, 7) is 1.55. The zero-order valence-corrected chi connectivity index (χ0v) is 13.0. The molecule has 1 fully saturated rings. The van der Waals surface area contributed by atoms with Crippen molar-refractivity contribution in [3.63, 3.8) is 0 Å². The Bertz CT molecular complexity index is 544. The lowest BCUT2D eigenvalue weighted by Crippen LogP contribution is -2.38. The number of nitrogens with one attached hydrogen (secondary N) is 1. The Kier molecular flexibility index (Phi) is 4.33. The van der Waals surface area contributed by atoms with Gasteiger partial charge in [0.15, 0.2) is 0 Å². The minimum Gasteiger partial charge on any atom is -0.315 e. The highest BCUT2D eigenvalue weighted by atomic mass is 79.9. The average molecular weight is 354 g/mol. The first-order chi connectivity index (χ1) is 8.43. The first kappa shape index (κ1) is 14.3. The molecule has 0 radical (unpaired) electrons. The molecule has 0 saturated carbocycles. The van der Waals surface area contributed by atoms with Crippen molar-refractivity contribution in [3.05, 3.63) is 27.7 Å². The molecule has 1 aliphatic heterocycles. The van der Waals surface area contributed by atoms with Crippen LogP contribution < -0.4 is 5.32 Å². The standard InChI is InChI=1S/C11H14BrClN2O2S/c1-15(8-4-5-14-7-8)18(16,17)9-2-3-10(12)11(13)6-9/h2-3,6,8,14H,4-5,7H2,1H3. The van der Waals surface area contributed by atoms with Gasteiger partial charge >= 0.3 is 0 Å². The van der Waals surface area contributed by atoms with Gasteiger partial charge in [0.05, 0.1) is 9.92 Å². The van der Waals surface area contributed by atoms with Crippen molar-refractivity contribution in [2.24, 2.45) is 0 Å². The lowest BCUT2D eigenvalue weighted by molar-refractivity contribution is 0.388. The van der Waals surface area contributed by atoms with Crippen LogP contribution in [0.4, 0.5) is 0 Å². The largest absolute Gasteiger partial charge is 0.315 e. The molecule has 0 amide bonds. The molecule has 0 bridgehead atoms. The van der Waals surface area contributed by atoms with Crippen molar-refractivity contribution >= 4 is 37.6 Å². The number of halogens is 2. The van der Waals surface area contributed by atoms with Crippen molar-refractivity contribution in [1.82, 2.24) is 9.62 Å². The molecule has 0 spiro atoms. The topological polar surface area (TPSA) is 49.4 Å². The summed E-state index contributed by atoms with van der Waals surface area (Å²) in [6, 6.07) is 4.69. The van der Waals surface area contributed by atoms with Gasteiger partial charge in [0.1, 0.15) is 0 Å². The Balaban J connectivity index is 2.32. The summed E-state index contributed by atoms with van der Waals surface area (Å²) in [4.78, 5) is 0.227. The Labute approximate surface area is 120 Å². The Morgan fingerprint density at radius 1 is 1.50 bits per heavy atom. The van der Waals surface area contributed by atoms with Crippen molar-refractivity contribution in [2.45, 2.75) is 17.4 Å². The van der Waals surface area contributed by atoms with Gasteiger partial charge in [-0.15, -0.1) is 0 Å². The Hall–Kier alpha value is -0.140. The van der Waals surface area contributed by atoms with Gasteiger partial charge in [0.25, 0.3) is 0 Å². The molecular formula is C11H14BrClN2O2S. The summed E-state index contributed by atoms with van der Waals surface area (Å²) < 4.78 is 26.9. The van der Waals surface area contributed by atoms with Crippen molar-refractivity contribution in [1.29, 1.82) is 0 Å². The van der Waals surface area contributed by atoms with E-state index >= 15 is 0 Å². The average Bonchev–Trinajstić information content (AvgIpc) is 2.85. The minimum atomic E-state index is -3.47. The van der Waals surface area contributed by atoms with Crippen LogP contribution in [0.2, 0.25) is 5.02 Å². The molecule has 1 saturated heterocycles. The molecule has 2 rings (SSSR count). The predicted molar refractivity (Wildman–Crippen MR) is 75.4 cm³/mol. The fraction of sp³-hybridized carbons (Fsp3) is 0.455. The van der Waals surface area contributed by atoms with Crippen LogP contribution in [0.1, 0.15) is 6.42 Å². The maximum atomic E-state index is 12.4. The van der Waals surface area contributed by atoms with Crippen LogP contribution in [0.3, 0.4) is 0 Å². The fourth-order valence-corrected chi connectivity index (χ4v) is 3.85. The van der Waals surface area contributed by atoms with Crippen LogP contribution in [-0.4, -0.2) is 38.9 Å². The van der Waals surface area contributed by atoms with E-state index in [9.17, 15) is 8.42 Å². The van der Waals surface area contributed by atoms with Gasteiger partial charge in [-0.25, -0.2) is 8.42 Å². The van der Waals surface area contributed by atoms with Crippen molar-refractivity contribution in [3.8, 4) is 0 Å². The summed E-state index contributed by atoms with van der Waals surface area (Å²) in [5.41, 5.74) is 0. The highest BCUT2D eigenvalue weighted by Crippen LogP contribution is 2.27. The lowest BCUT2D eigenvalue weighted by Gasteiger charge is -2.23. The van der Waals surface area contributed by atoms with Crippen LogP contribution in [0.25, 0.3) is 0 Å². The number of nitrogens with zero attached hydrogens (tertiary/aromatic N) is 1. The fourth-order valence-electron chi connectivity index (χ4n) is 1.95. The third-order valence-electron chi connectivity index (χ3n) is 3.12. The van der Waals surface area contributed by atoms with Crippen molar-refractivity contribution in [2.75, 3.05) is 20.1 Å². The molecule has 1 atom stereocenters. The van der Waals surface area contributed by atoms with Gasteiger partial charge in [-0.3, -0.25) is 0 Å². The van der Waals surface area contributed by atoms with E-state index in [0.29, 0.717) is 16.0 Å². The number of hydrogen-bond acceptors (Lipinski definition) is 3. The molecule has 0 aliphatic carbocycles. The maximum absolute atomic E-state index is 12.4. The molecule has 100 valence electrons. The van der Waals surface area contributed by atoms with Crippen LogP contribution in [0, 0.1) is 0 Å². The summed E-state index contributed by atoms with van der Waals surface area (Å²) in [7, 11) is -1.86. The second kappa shape index (κ2) is 5.46. The van der Waals surface area contributed by atoms with E-state index in [1.54, 1.807) is 19.2 Å². The minimum absolute atomic E-state index is 0.0115. The van der Waals surface area contributed by atoms with Crippen LogP contribution in [0.5, 0.6) is 0 Å².